The van der Waals surface area contributed by atoms with E-state index in [4.69, 9.17) is 11.6 Å². The summed E-state index contributed by atoms with van der Waals surface area (Å²) < 4.78 is 0. The SMILES string of the molecule is CC1CC(C)(C)N(C)c2cc(Cl)c(/C=N\NC(=O)c3cccc4ccccc34)cc21. The van der Waals surface area contributed by atoms with Gasteiger partial charge in [-0.25, -0.2) is 5.43 Å². The highest BCUT2D eigenvalue weighted by Gasteiger charge is 2.34. The van der Waals surface area contributed by atoms with Crippen LogP contribution in [0.15, 0.2) is 59.7 Å². The Balaban J connectivity index is 1.58. The van der Waals surface area contributed by atoms with Crippen LogP contribution in [0.5, 0.6) is 0 Å². The van der Waals surface area contributed by atoms with Crippen molar-refractivity contribution in [2.45, 2.75) is 38.6 Å². The summed E-state index contributed by atoms with van der Waals surface area (Å²) in [4.78, 5) is 15.0. The van der Waals surface area contributed by atoms with Gasteiger partial charge in [0.15, 0.2) is 0 Å². The molecule has 0 fully saturated rings. The van der Waals surface area contributed by atoms with Gasteiger partial charge in [0.25, 0.3) is 5.91 Å². The third kappa shape index (κ3) is 3.68. The van der Waals surface area contributed by atoms with E-state index in [0.717, 1.165) is 28.4 Å². The number of fused-ring (bicyclic) bond motifs is 2. The highest BCUT2D eigenvalue weighted by atomic mass is 35.5. The Labute approximate surface area is 182 Å². The summed E-state index contributed by atoms with van der Waals surface area (Å²) in [6.45, 7) is 6.74. The number of benzene rings is 3. The minimum atomic E-state index is -0.244. The Hall–Kier alpha value is -2.85. The number of hydrogen-bond acceptors (Lipinski definition) is 3. The van der Waals surface area contributed by atoms with E-state index < -0.39 is 0 Å². The van der Waals surface area contributed by atoms with Crippen LogP contribution in [0.4, 0.5) is 5.69 Å². The van der Waals surface area contributed by atoms with E-state index in [1.165, 1.54) is 5.56 Å². The van der Waals surface area contributed by atoms with E-state index in [9.17, 15) is 4.79 Å². The van der Waals surface area contributed by atoms with Crippen molar-refractivity contribution in [1.29, 1.82) is 0 Å². The molecular formula is C25H26ClN3O. The first kappa shape index (κ1) is 20.4. The zero-order chi connectivity index (χ0) is 21.5. The lowest BCUT2D eigenvalue weighted by Gasteiger charge is -2.45. The summed E-state index contributed by atoms with van der Waals surface area (Å²) in [5, 5.41) is 6.73. The molecule has 30 heavy (non-hydrogen) atoms. The van der Waals surface area contributed by atoms with Crippen LogP contribution < -0.4 is 10.3 Å². The third-order valence-electron chi connectivity index (χ3n) is 6.16. The summed E-state index contributed by atoms with van der Waals surface area (Å²) in [6, 6.07) is 17.6. The topological polar surface area (TPSA) is 44.7 Å². The number of nitrogens with one attached hydrogen (secondary N) is 1. The zero-order valence-corrected chi connectivity index (χ0v) is 18.5. The van der Waals surface area contributed by atoms with Crippen LogP contribution >= 0.6 is 11.6 Å². The molecule has 1 unspecified atom stereocenters. The Morgan fingerprint density at radius 3 is 2.73 bits per heavy atom. The fraction of sp³-hybridized carbons (Fsp3) is 0.280. The Bertz CT molecular complexity index is 1150. The van der Waals surface area contributed by atoms with Gasteiger partial charge in [0, 0.05) is 29.4 Å². The van der Waals surface area contributed by atoms with E-state index in [2.05, 4.69) is 49.3 Å². The van der Waals surface area contributed by atoms with Gasteiger partial charge >= 0.3 is 0 Å². The fourth-order valence-electron chi connectivity index (χ4n) is 4.35. The molecule has 154 valence electrons. The van der Waals surface area contributed by atoms with Gasteiger partial charge in [0.1, 0.15) is 0 Å². The number of hydrazone groups is 1. The van der Waals surface area contributed by atoms with Crippen LogP contribution in [0.1, 0.15) is 54.6 Å². The van der Waals surface area contributed by atoms with Gasteiger partial charge < -0.3 is 4.90 Å². The van der Waals surface area contributed by atoms with Crippen LogP contribution in [0.3, 0.4) is 0 Å². The first-order chi connectivity index (χ1) is 14.3. The molecule has 1 aliphatic heterocycles. The molecule has 0 aliphatic carbocycles. The van der Waals surface area contributed by atoms with Crippen molar-refractivity contribution < 1.29 is 4.79 Å². The number of anilines is 1. The predicted molar refractivity (Wildman–Crippen MR) is 126 cm³/mol. The molecule has 1 atom stereocenters. The molecule has 4 rings (SSSR count). The van der Waals surface area contributed by atoms with Crippen molar-refractivity contribution >= 4 is 40.2 Å². The zero-order valence-electron chi connectivity index (χ0n) is 17.7. The lowest BCUT2D eigenvalue weighted by molar-refractivity contribution is 0.0957. The normalized spacial score (nSPS) is 17.9. The first-order valence-corrected chi connectivity index (χ1v) is 10.5. The van der Waals surface area contributed by atoms with Crippen molar-refractivity contribution in [3.8, 4) is 0 Å². The van der Waals surface area contributed by atoms with Gasteiger partial charge in [-0.3, -0.25) is 4.79 Å². The molecule has 1 N–H and O–H groups in total. The van der Waals surface area contributed by atoms with Crippen LogP contribution in [0, 0.1) is 0 Å². The van der Waals surface area contributed by atoms with Gasteiger partial charge in [-0.2, -0.15) is 5.10 Å². The molecule has 0 radical (unpaired) electrons. The quantitative estimate of drug-likeness (QED) is 0.419. The van der Waals surface area contributed by atoms with Crippen molar-refractivity contribution in [2.24, 2.45) is 5.10 Å². The van der Waals surface area contributed by atoms with Crippen LogP contribution in [0.25, 0.3) is 10.8 Å². The molecule has 5 heteroatoms. The number of nitrogens with zero attached hydrogens (tertiary/aromatic N) is 2. The molecule has 0 spiro atoms. The molecular weight excluding hydrogens is 394 g/mol. The second-order valence-electron chi connectivity index (χ2n) is 8.63. The second-order valence-corrected chi connectivity index (χ2v) is 9.04. The highest BCUT2D eigenvalue weighted by molar-refractivity contribution is 6.33. The van der Waals surface area contributed by atoms with E-state index >= 15 is 0 Å². The van der Waals surface area contributed by atoms with E-state index in [1.54, 1.807) is 12.3 Å². The Morgan fingerprint density at radius 2 is 1.93 bits per heavy atom. The van der Waals surface area contributed by atoms with Gasteiger partial charge in [-0.05, 0) is 60.7 Å². The first-order valence-electron chi connectivity index (χ1n) is 10.2. The smallest absolute Gasteiger partial charge is 0.271 e. The summed E-state index contributed by atoms with van der Waals surface area (Å²) in [5.74, 6) is 0.174. The molecule has 3 aromatic rings. The van der Waals surface area contributed by atoms with E-state index in [-0.39, 0.29) is 11.4 Å². The summed E-state index contributed by atoms with van der Waals surface area (Å²) in [5.41, 5.74) is 6.52. The monoisotopic (exact) mass is 419 g/mol. The minimum absolute atomic E-state index is 0.0811. The summed E-state index contributed by atoms with van der Waals surface area (Å²) >= 11 is 6.55. The van der Waals surface area contributed by atoms with E-state index in [1.807, 2.05) is 42.5 Å². The van der Waals surface area contributed by atoms with Crippen molar-refractivity contribution in [1.82, 2.24) is 5.43 Å². The lowest BCUT2D eigenvalue weighted by Crippen LogP contribution is -2.45. The van der Waals surface area contributed by atoms with Gasteiger partial charge in [-0.15, -0.1) is 0 Å². The Morgan fingerprint density at radius 1 is 1.20 bits per heavy atom. The van der Waals surface area contributed by atoms with Gasteiger partial charge in [0.2, 0.25) is 0 Å². The van der Waals surface area contributed by atoms with Crippen LogP contribution in [-0.4, -0.2) is 24.7 Å². The number of carbonyl (C=O) groups excluding carboxylic acids is 1. The average molecular weight is 420 g/mol. The highest BCUT2D eigenvalue weighted by Crippen LogP contribution is 2.44. The number of carbonyl (C=O) groups is 1. The maximum atomic E-state index is 12.7. The van der Waals surface area contributed by atoms with Gasteiger partial charge in [-0.1, -0.05) is 54.9 Å². The molecule has 1 aliphatic rings. The molecule has 4 nitrogen and oxygen atoms in total. The predicted octanol–water partition coefficient (Wildman–Crippen LogP) is 5.98. The van der Waals surface area contributed by atoms with Crippen molar-refractivity contribution in [3.05, 3.63) is 76.3 Å². The Kier molecular flexibility index (Phi) is 5.29. The number of amides is 1. The molecule has 3 aromatic carbocycles. The largest absolute Gasteiger partial charge is 0.369 e. The number of halogens is 1. The number of rotatable bonds is 3. The van der Waals surface area contributed by atoms with Crippen molar-refractivity contribution in [3.63, 3.8) is 0 Å². The molecule has 0 saturated carbocycles. The molecule has 0 saturated heterocycles. The fourth-order valence-corrected chi connectivity index (χ4v) is 4.55. The molecule has 1 amide bonds. The maximum Gasteiger partial charge on any atom is 0.271 e. The number of hydrogen-bond donors (Lipinski definition) is 1. The van der Waals surface area contributed by atoms with E-state index in [0.29, 0.717) is 16.5 Å². The summed E-state index contributed by atoms with van der Waals surface area (Å²) in [7, 11) is 2.11. The second kappa shape index (κ2) is 7.77. The van der Waals surface area contributed by atoms with Crippen LogP contribution in [0.2, 0.25) is 5.02 Å². The maximum absolute atomic E-state index is 12.7. The van der Waals surface area contributed by atoms with Gasteiger partial charge in [0.05, 0.1) is 11.2 Å². The average Bonchev–Trinajstić information content (AvgIpc) is 2.72. The third-order valence-corrected chi connectivity index (χ3v) is 6.48. The molecule has 0 bridgehead atoms. The van der Waals surface area contributed by atoms with Crippen LogP contribution in [-0.2, 0) is 0 Å². The minimum Gasteiger partial charge on any atom is -0.369 e. The standard InChI is InChI=1S/C25H26ClN3O/c1-16-14-25(2,3)29(4)23-13-22(26)18(12-21(16)23)15-27-28-24(30)20-11-7-9-17-8-5-6-10-19(17)20/h5-13,15-16H,14H2,1-4H3,(H,28,30)/b27-15-. The molecule has 0 aromatic heterocycles. The lowest BCUT2D eigenvalue weighted by atomic mass is 9.80. The summed E-state index contributed by atoms with van der Waals surface area (Å²) in [6.07, 6.45) is 2.69. The van der Waals surface area contributed by atoms with Crippen molar-refractivity contribution in [2.75, 3.05) is 11.9 Å². The molecule has 1 heterocycles.